The summed E-state index contributed by atoms with van der Waals surface area (Å²) in [5.74, 6) is 0.872. The summed E-state index contributed by atoms with van der Waals surface area (Å²) in [5, 5.41) is 8.99. The van der Waals surface area contributed by atoms with Crippen molar-refractivity contribution >= 4 is 42.9 Å². The van der Waals surface area contributed by atoms with E-state index in [0.717, 1.165) is 31.4 Å². The fourth-order valence-corrected chi connectivity index (χ4v) is 3.49. The zero-order valence-electron chi connectivity index (χ0n) is 10.6. The summed E-state index contributed by atoms with van der Waals surface area (Å²) in [7, 11) is 1.96. The normalized spacial score (nSPS) is 10.7. The number of hydrogen-bond acceptors (Lipinski definition) is 2. The lowest BCUT2D eigenvalue weighted by Gasteiger charge is -2.04. The summed E-state index contributed by atoms with van der Waals surface area (Å²) in [6, 6.07) is 13.7. The van der Waals surface area contributed by atoms with Gasteiger partial charge in [0, 0.05) is 21.6 Å². The molecule has 0 amide bonds. The number of aryl methyl sites for hydroxylation is 1. The first kappa shape index (κ1) is 13.3. The summed E-state index contributed by atoms with van der Waals surface area (Å²) in [4.78, 5) is 4.65. The third-order valence-electron chi connectivity index (χ3n) is 3.13. The van der Waals surface area contributed by atoms with Crippen LogP contribution in [0.1, 0.15) is 5.56 Å². The second-order valence-electron chi connectivity index (χ2n) is 4.47. The Morgan fingerprint density at radius 3 is 2.45 bits per heavy atom. The average molecular weight is 391 g/mol. The Bertz CT molecular complexity index is 839. The molecule has 0 fully saturated rings. The molecule has 0 spiro atoms. The summed E-state index contributed by atoms with van der Waals surface area (Å²) >= 11 is 6.98. The van der Waals surface area contributed by atoms with Gasteiger partial charge in [0.05, 0.1) is 22.7 Å². The quantitative estimate of drug-likeness (QED) is 0.607. The number of benzene rings is 2. The van der Waals surface area contributed by atoms with E-state index in [4.69, 9.17) is 5.26 Å². The lowest BCUT2D eigenvalue weighted by Crippen LogP contribution is -1.92. The summed E-state index contributed by atoms with van der Waals surface area (Å²) in [6.07, 6.45) is 0. The van der Waals surface area contributed by atoms with Crippen molar-refractivity contribution in [3.05, 3.63) is 50.9 Å². The molecule has 3 aromatic rings. The zero-order chi connectivity index (χ0) is 14.3. The highest BCUT2D eigenvalue weighted by atomic mass is 79.9. The van der Waals surface area contributed by atoms with Crippen LogP contribution < -0.4 is 0 Å². The van der Waals surface area contributed by atoms with Crippen LogP contribution in [0.15, 0.2) is 45.3 Å². The third-order valence-corrected chi connectivity index (χ3v) is 4.05. The SMILES string of the molecule is Cn1c(-c2cc(Br)cc(Br)c2)nc2ccc(C#N)cc21. The largest absolute Gasteiger partial charge is 0.327 e. The molecule has 0 aliphatic rings. The molecule has 0 saturated carbocycles. The predicted molar refractivity (Wildman–Crippen MR) is 86.3 cm³/mol. The molecule has 2 aromatic carbocycles. The highest BCUT2D eigenvalue weighted by molar-refractivity contribution is 9.11. The number of imidazole rings is 1. The maximum absolute atomic E-state index is 8.99. The van der Waals surface area contributed by atoms with Gasteiger partial charge in [-0.3, -0.25) is 0 Å². The van der Waals surface area contributed by atoms with Crippen LogP contribution in [0, 0.1) is 11.3 Å². The van der Waals surface area contributed by atoms with E-state index in [2.05, 4.69) is 42.9 Å². The van der Waals surface area contributed by atoms with E-state index < -0.39 is 0 Å². The van der Waals surface area contributed by atoms with Gasteiger partial charge in [-0.15, -0.1) is 0 Å². The molecular weight excluding hydrogens is 382 g/mol. The Kier molecular flexibility index (Phi) is 3.36. The van der Waals surface area contributed by atoms with E-state index in [1.165, 1.54) is 0 Å². The van der Waals surface area contributed by atoms with E-state index in [9.17, 15) is 0 Å². The number of aromatic nitrogens is 2. The number of nitriles is 1. The maximum Gasteiger partial charge on any atom is 0.140 e. The molecule has 0 saturated heterocycles. The Morgan fingerprint density at radius 2 is 1.80 bits per heavy atom. The first-order valence-corrected chi connectivity index (χ1v) is 7.50. The lowest BCUT2D eigenvalue weighted by molar-refractivity contribution is 0.959. The van der Waals surface area contributed by atoms with Crippen LogP contribution in [0.2, 0.25) is 0 Å². The third kappa shape index (κ3) is 2.26. The Balaban J connectivity index is 2.27. The smallest absolute Gasteiger partial charge is 0.140 e. The standard InChI is InChI=1S/C15H9Br2N3/c1-20-14-4-9(8-18)2-3-13(14)19-15(20)10-5-11(16)7-12(17)6-10/h2-7H,1H3. The maximum atomic E-state index is 8.99. The van der Waals surface area contributed by atoms with Gasteiger partial charge >= 0.3 is 0 Å². The first-order valence-electron chi connectivity index (χ1n) is 5.91. The molecule has 1 heterocycles. The van der Waals surface area contributed by atoms with Crippen molar-refractivity contribution in [3.63, 3.8) is 0 Å². The van der Waals surface area contributed by atoms with Gasteiger partial charge in [-0.05, 0) is 36.4 Å². The molecule has 0 N–H and O–H groups in total. The van der Waals surface area contributed by atoms with Crippen LogP contribution in [0.4, 0.5) is 0 Å². The van der Waals surface area contributed by atoms with E-state index in [1.54, 1.807) is 6.07 Å². The number of nitrogens with zero attached hydrogens (tertiary/aromatic N) is 3. The Hall–Kier alpha value is -1.64. The number of rotatable bonds is 1. The molecule has 5 heteroatoms. The molecule has 0 radical (unpaired) electrons. The molecular formula is C15H9Br2N3. The molecule has 1 aromatic heterocycles. The van der Waals surface area contributed by atoms with Gasteiger partial charge in [-0.25, -0.2) is 4.98 Å². The average Bonchev–Trinajstić information content (AvgIpc) is 2.74. The second-order valence-corrected chi connectivity index (χ2v) is 6.30. The van der Waals surface area contributed by atoms with E-state index in [0.29, 0.717) is 5.56 Å². The van der Waals surface area contributed by atoms with E-state index >= 15 is 0 Å². The highest BCUT2D eigenvalue weighted by Gasteiger charge is 2.11. The van der Waals surface area contributed by atoms with Crippen LogP contribution in [0.25, 0.3) is 22.4 Å². The van der Waals surface area contributed by atoms with Crippen molar-refractivity contribution in [1.29, 1.82) is 5.26 Å². The molecule has 20 heavy (non-hydrogen) atoms. The molecule has 0 bridgehead atoms. The van der Waals surface area contributed by atoms with E-state index in [1.807, 2.05) is 41.9 Å². The fraction of sp³-hybridized carbons (Fsp3) is 0.0667. The van der Waals surface area contributed by atoms with Crippen molar-refractivity contribution in [3.8, 4) is 17.5 Å². The minimum atomic E-state index is 0.641. The second kappa shape index (κ2) is 5.04. The predicted octanol–water partition coefficient (Wildman–Crippen LogP) is 4.64. The molecule has 0 atom stereocenters. The number of halogens is 2. The van der Waals surface area contributed by atoms with Gasteiger partial charge in [-0.2, -0.15) is 5.26 Å². The Morgan fingerprint density at radius 1 is 1.10 bits per heavy atom. The van der Waals surface area contributed by atoms with Crippen molar-refractivity contribution in [2.45, 2.75) is 0 Å². The monoisotopic (exact) mass is 389 g/mol. The highest BCUT2D eigenvalue weighted by Crippen LogP contribution is 2.29. The van der Waals surface area contributed by atoms with Gasteiger partial charge in [0.15, 0.2) is 0 Å². The van der Waals surface area contributed by atoms with Crippen molar-refractivity contribution < 1.29 is 0 Å². The molecule has 98 valence electrons. The van der Waals surface area contributed by atoms with Crippen LogP contribution in [0.3, 0.4) is 0 Å². The van der Waals surface area contributed by atoms with Gasteiger partial charge in [-0.1, -0.05) is 31.9 Å². The van der Waals surface area contributed by atoms with Gasteiger partial charge < -0.3 is 4.57 Å². The first-order chi connectivity index (χ1) is 9.58. The van der Waals surface area contributed by atoms with Crippen molar-refractivity contribution in [2.75, 3.05) is 0 Å². The van der Waals surface area contributed by atoms with Gasteiger partial charge in [0.25, 0.3) is 0 Å². The molecule has 0 aliphatic heterocycles. The zero-order valence-corrected chi connectivity index (χ0v) is 13.7. The minimum absolute atomic E-state index is 0.641. The lowest BCUT2D eigenvalue weighted by atomic mass is 10.2. The summed E-state index contributed by atoms with van der Waals surface area (Å²) < 4.78 is 3.99. The minimum Gasteiger partial charge on any atom is -0.327 e. The topological polar surface area (TPSA) is 41.6 Å². The van der Waals surface area contributed by atoms with Crippen molar-refractivity contribution in [1.82, 2.24) is 9.55 Å². The molecule has 3 rings (SSSR count). The van der Waals surface area contributed by atoms with E-state index in [-0.39, 0.29) is 0 Å². The molecule has 0 unspecified atom stereocenters. The van der Waals surface area contributed by atoms with Crippen LogP contribution in [-0.4, -0.2) is 9.55 Å². The fourth-order valence-electron chi connectivity index (χ4n) is 2.20. The number of hydrogen-bond donors (Lipinski definition) is 0. The molecule has 3 nitrogen and oxygen atoms in total. The molecule has 0 aliphatic carbocycles. The van der Waals surface area contributed by atoms with Crippen LogP contribution in [-0.2, 0) is 7.05 Å². The van der Waals surface area contributed by atoms with Crippen LogP contribution >= 0.6 is 31.9 Å². The van der Waals surface area contributed by atoms with Gasteiger partial charge in [0.2, 0.25) is 0 Å². The van der Waals surface area contributed by atoms with Gasteiger partial charge in [0.1, 0.15) is 5.82 Å². The Labute approximate surface area is 133 Å². The summed E-state index contributed by atoms with van der Waals surface area (Å²) in [5.41, 5.74) is 3.50. The van der Waals surface area contributed by atoms with Crippen LogP contribution in [0.5, 0.6) is 0 Å². The number of fused-ring (bicyclic) bond motifs is 1. The summed E-state index contributed by atoms with van der Waals surface area (Å²) in [6.45, 7) is 0. The van der Waals surface area contributed by atoms with Crippen molar-refractivity contribution in [2.24, 2.45) is 7.05 Å².